The molecule has 3 saturated heterocycles. The van der Waals surface area contributed by atoms with Crippen molar-refractivity contribution in [3.63, 3.8) is 0 Å². The number of piperidine rings is 1. The van der Waals surface area contributed by atoms with Gasteiger partial charge < -0.3 is 39.8 Å². The number of carbonyl (C=O) groups excluding carboxylic acids is 1. The van der Waals surface area contributed by atoms with E-state index in [1.165, 1.54) is 10.6 Å². The summed E-state index contributed by atoms with van der Waals surface area (Å²) in [6.45, 7) is 14.6. The van der Waals surface area contributed by atoms with Crippen LogP contribution in [-0.2, 0) is 30.7 Å². The minimum absolute atomic E-state index is 0.0113. The molecule has 0 aliphatic carbocycles. The van der Waals surface area contributed by atoms with Crippen LogP contribution >= 0.6 is 11.6 Å². The Balaban J connectivity index is 0.783. The van der Waals surface area contributed by atoms with Gasteiger partial charge in [-0.3, -0.25) is 9.69 Å². The van der Waals surface area contributed by atoms with Crippen molar-refractivity contribution in [2.75, 3.05) is 86.7 Å². The lowest BCUT2D eigenvalue weighted by molar-refractivity contribution is -0.133. The molecule has 3 fully saturated rings. The van der Waals surface area contributed by atoms with E-state index in [9.17, 15) is 25.4 Å². The van der Waals surface area contributed by atoms with E-state index in [0.717, 1.165) is 128 Å². The normalized spacial score (nSPS) is 18.3. The average Bonchev–Trinajstić information content (AvgIpc) is 3.77. The standard InChI is InChI=1S/C53H61ClN12O4/c1-3-37-29-42(47(68)30-46(37)67)51-58-59-53(70)66(51)39-13-11-35(12-14-39)31-60-23-25-61(26-24-60)32-36-16-20-62(21-17-36)52-56-44-34-63(45-10-6-8-38-7-5-9-43(54)49(38)45)22-18-41(44)50(57-52)64-27-28-65(48(69)4-2)40(33-64)15-19-55/h5-14,29-30,36,40,67-68H,3-4,15-18,20-28,31-34H2,1-2H3,(H,59,70). The first-order valence-electron chi connectivity index (χ1n) is 24.8. The molecular formula is C53H61ClN12O4. The fraction of sp³-hybridized carbons (Fsp3) is 0.434. The number of amides is 1. The molecule has 3 N–H and O–H groups in total. The Hall–Kier alpha value is -6.67. The molecule has 0 radical (unpaired) electrons. The predicted molar refractivity (Wildman–Crippen MR) is 272 cm³/mol. The van der Waals surface area contributed by atoms with Crippen LogP contribution in [0.4, 0.5) is 17.5 Å². The smallest absolute Gasteiger partial charge is 0.319 e. The molecule has 6 aromatic rings. The van der Waals surface area contributed by atoms with Crippen LogP contribution in [-0.4, -0.2) is 139 Å². The molecule has 70 heavy (non-hydrogen) atoms. The molecule has 1 amide bonds. The Morgan fingerprint density at radius 3 is 2.31 bits per heavy atom. The number of aryl methyl sites for hydroxylation is 1. The first kappa shape index (κ1) is 47.0. The van der Waals surface area contributed by atoms with Crippen LogP contribution in [0.25, 0.3) is 27.8 Å². The summed E-state index contributed by atoms with van der Waals surface area (Å²) in [6.07, 6.45) is 4.16. The number of benzene rings is 4. The molecule has 0 saturated carbocycles. The van der Waals surface area contributed by atoms with Crippen LogP contribution in [0.15, 0.2) is 72.8 Å². The molecule has 4 aliphatic heterocycles. The molecule has 1 atom stereocenters. The molecule has 17 heteroatoms. The van der Waals surface area contributed by atoms with E-state index in [0.29, 0.717) is 61.8 Å². The number of anilines is 3. The highest BCUT2D eigenvalue weighted by molar-refractivity contribution is 6.36. The molecule has 0 bridgehead atoms. The summed E-state index contributed by atoms with van der Waals surface area (Å²) >= 11 is 6.84. The molecular weight excluding hydrogens is 904 g/mol. The minimum Gasteiger partial charge on any atom is -0.508 e. The number of nitriles is 1. The van der Waals surface area contributed by atoms with Gasteiger partial charge in [-0.15, -0.1) is 5.10 Å². The Morgan fingerprint density at radius 1 is 0.814 bits per heavy atom. The van der Waals surface area contributed by atoms with E-state index in [-0.39, 0.29) is 41.7 Å². The number of carbonyl (C=O) groups is 1. The number of aromatic nitrogens is 5. The maximum atomic E-state index is 13.0. The quantitative estimate of drug-likeness (QED) is 0.113. The minimum atomic E-state index is -0.286. The van der Waals surface area contributed by atoms with Crippen molar-refractivity contribution in [1.29, 1.82) is 5.26 Å². The molecule has 364 valence electrons. The van der Waals surface area contributed by atoms with Crippen molar-refractivity contribution < 1.29 is 20.1 Å². The summed E-state index contributed by atoms with van der Waals surface area (Å²) < 4.78 is 1.50. The Labute approximate surface area is 414 Å². The van der Waals surface area contributed by atoms with Crippen LogP contribution in [0.1, 0.15) is 61.9 Å². The average molecular weight is 966 g/mol. The van der Waals surface area contributed by atoms with Crippen molar-refractivity contribution >= 4 is 45.7 Å². The van der Waals surface area contributed by atoms with E-state index >= 15 is 0 Å². The van der Waals surface area contributed by atoms with Crippen LogP contribution in [0.3, 0.4) is 0 Å². The molecule has 10 rings (SSSR count). The van der Waals surface area contributed by atoms with Gasteiger partial charge in [0.1, 0.15) is 17.3 Å². The number of rotatable bonds is 12. The van der Waals surface area contributed by atoms with Gasteiger partial charge in [0, 0.05) is 108 Å². The molecule has 6 heterocycles. The topological polar surface area (TPSA) is 177 Å². The number of hydrogen-bond acceptors (Lipinski definition) is 14. The first-order valence-corrected chi connectivity index (χ1v) is 25.2. The second-order valence-corrected chi connectivity index (χ2v) is 19.6. The maximum absolute atomic E-state index is 13.0. The zero-order chi connectivity index (χ0) is 48.5. The van der Waals surface area contributed by atoms with E-state index in [1.807, 2.05) is 43.0 Å². The van der Waals surface area contributed by atoms with E-state index in [1.54, 1.807) is 6.07 Å². The van der Waals surface area contributed by atoms with Gasteiger partial charge in [0.25, 0.3) is 0 Å². The first-order chi connectivity index (χ1) is 34.1. The number of halogens is 1. The van der Waals surface area contributed by atoms with Gasteiger partial charge >= 0.3 is 6.01 Å². The molecule has 0 spiro atoms. The van der Waals surface area contributed by atoms with Crippen LogP contribution in [0, 0.1) is 17.2 Å². The summed E-state index contributed by atoms with van der Waals surface area (Å²) in [6, 6.07) is 25.2. The largest absolute Gasteiger partial charge is 0.508 e. The lowest BCUT2D eigenvalue weighted by atomic mass is 9.96. The maximum Gasteiger partial charge on any atom is 0.319 e. The van der Waals surface area contributed by atoms with Crippen molar-refractivity contribution in [2.45, 2.75) is 71.5 Å². The van der Waals surface area contributed by atoms with Gasteiger partial charge in [-0.2, -0.15) is 10.2 Å². The van der Waals surface area contributed by atoms with Gasteiger partial charge in [-0.25, -0.2) is 9.55 Å². The van der Waals surface area contributed by atoms with Gasteiger partial charge in [0.05, 0.1) is 47.0 Å². The predicted octanol–water partition coefficient (Wildman–Crippen LogP) is 7.15. The molecule has 1 unspecified atom stereocenters. The van der Waals surface area contributed by atoms with Crippen molar-refractivity contribution in [1.82, 2.24) is 39.4 Å². The monoisotopic (exact) mass is 964 g/mol. The van der Waals surface area contributed by atoms with Crippen LogP contribution in [0.5, 0.6) is 17.5 Å². The van der Waals surface area contributed by atoms with Gasteiger partial charge in [-0.1, -0.05) is 66.9 Å². The lowest BCUT2D eigenvalue weighted by Gasteiger charge is -2.43. The molecule has 2 aromatic heterocycles. The van der Waals surface area contributed by atoms with E-state index in [2.05, 4.69) is 77.2 Å². The fourth-order valence-corrected chi connectivity index (χ4v) is 11.3. The van der Waals surface area contributed by atoms with Crippen molar-refractivity contribution in [3.05, 3.63) is 100 Å². The molecule has 16 nitrogen and oxygen atoms in total. The SMILES string of the molecule is CCC(=O)N1CCN(c2nc(N3CCC(CN4CCN(Cc5ccc(-n6c(O)nnc6-c6cc(CC)c(O)cc6O)cc5)CC4)CC3)nc3c2CCN(c2cccc4cccc(Cl)c24)C3)CC1CC#N. The van der Waals surface area contributed by atoms with Gasteiger partial charge in [-0.05, 0) is 78.4 Å². The Morgan fingerprint density at radius 2 is 1.57 bits per heavy atom. The van der Waals surface area contributed by atoms with Crippen molar-refractivity contribution in [2.24, 2.45) is 5.92 Å². The summed E-state index contributed by atoms with van der Waals surface area (Å²) in [5.74, 6) is 2.53. The number of hydrogen-bond donors (Lipinski definition) is 3. The third kappa shape index (κ3) is 9.49. The fourth-order valence-electron chi connectivity index (χ4n) is 11.0. The van der Waals surface area contributed by atoms with Crippen molar-refractivity contribution in [3.8, 4) is 40.7 Å². The second kappa shape index (κ2) is 20.4. The number of piperazine rings is 2. The number of phenolic OH excluding ortho intramolecular Hbond substituents is 2. The number of nitrogens with zero attached hydrogens (tertiary/aromatic N) is 12. The highest BCUT2D eigenvalue weighted by atomic mass is 35.5. The summed E-state index contributed by atoms with van der Waals surface area (Å²) in [7, 11) is 0. The Kier molecular flexibility index (Phi) is 13.7. The lowest BCUT2D eigenvalue weighted by Crippen LogP contribution is -2.55. The van der Waals surface area contributed by atoms with E-state index in [4.69, 9.17) is 21.6 Å². The van der Waals surface area contributed by atoms with Crippen LogP contribution in [0.2, 0.25) is 5.02 Å². The Bertz CT molecular complexity index is 2900. The van der Waals surface area contributed by atoms with Gasteiger partial charge in [0.15, 0.2) is 5.82 Å². The summed E-state index contributed by atoms with van der Waals surface area (Å²) in [5.41, 5.74) is 6.15. The zero-order valence-corrected chi connectivity index (χ0v) is 40.8. The summed E-state index contributed by atoms with van der Waals surface area (Å²) in [4.78, 5) is 37.8. The zero-order valence-electron chi connectivity index (χ0n) is 40.0. The van der Waals surface area contributed by atoms with Gasteiger partial charge in [0.2, 0.25) is 11.9 Å². The second-order valence-electron chi connectivity index (χ2n) is 19.1. The summed E-state index contributed by atoms with van der Waals surface area (Å²) in [5, 5.41) is 52.3. The highest BCUT2D eigenvalue weighted by Crippen LogP contribution is 2.39. The third-order valence-electron chi connectivity index (χ3n) is 14.9. The number of phenols is 2. The van der Waals surface area contributed by atoms with Crippen LogP contribution < -0.4 is 14.7 Å². The molecule has 4 aliphatic rings. The highest BCUT2D eigenvalue weighted by Gasteiger charge is 2.35. The third-order valence-corrected chi connectivity index (χ3v) is 15.2. The number of fused-ring (bicyclic) bond motifs is 2. The number of aromatic hydroxyl groups is 3. The molecule has 4 aromatic carbocycles. The van der Waals surface area contributed by atoms with E-state index < -0.39 is 0 Å².